The average molecular weight is 313 g/mol. The predicted octanol–water partition coefficient (Wildman–Crippen LogP) is 1.98. The number of H-pyrrole nitrogens is 1. The van der Waals surface area contributed by atoms with Crippen molar-refractivity contribution in [3.05, 3.63) is 54.0 Å². The van der Waals surface area contributed by atoms with E-state index in [2.05, 4.69) is 10.3 Å². The van der Waals surface area contributed by atoms with Crippen LogP contribution in [0.3, 0.4) is 0 Å². The first kappa shape index (κ1) is 15.2. The Kier molecular flexibility index (Phi) is 4.08. The largest absolute Gasteiger partial charge is 0.497 e. The fourth-order valence-electron chi connectivity index (χ4n) is 2.57. The van der Waals surface area contributed by atoms with Gasteiger partial charge in [0, 0.05) is 42.5 Å². The highest BCUT2D eigenvalue weighted by Crippen LogP contribution is 2.21. The number of carbonyl (C=O) groups excluding carboxylic acids is 1. The normalized spacial score (nSPS) is 12.3. The molecular formula is C17H19N3O3. The van der Waals surface area contributed by atoms with E-state index in [1.165, 1.54) is 0 Å². The molecule has 3 rings (SSSR count). The van der Waals surface area contributed by atoms with Gasteiger partial charge in [-0.2, -0.15) is 0 Å². The summed E-state index contributed by atoms with van der Waals surface area (Å²) >= 11 is 0. The number of hydrogen-bond donors (Lipinski definition) is 3. The number of rotatable bonds is 5. The fraction of sp³-hybridized carbons (Fsp3) is 0.235. The zero-order valence-electron chi connectivity index (χ0n) is 13.0. The predicted molar refractivity (Wildman–Crippen MR) is 87.6 cm³/mol. The topological polar surface area (TPSA) is 79.3 Å². The zero-order valence-corrected chi connectivity index (χ0v) is 13.0. The van der Waals surface area contributed by atoms with Crippen LogP contribution in [0.4, 0.5) is 0 Å². The van der Waals surface area contributed by atoms with Gasteiger partial charge >= 0.3 is 0 Å². The third kappa shape index (κ3) is 3.07. The number of hydrogen-bond acceptors (Lipinski definition) is 3. The Bertz CT molecular complexity index is 835. The van der Waals surface area contributed by atoms with Crippen LogP contribution < -0.4 is 10.1 Å². The highest BCUT2D eigenvalue weighted by Gasteiger charge is 2.14. The molecule has 23 heavy (non-hydrogen) atoms. The van der Waals surface area contributed by atoms with E-state index >= 15 is 0 Å². The Morgan fingerprint density at radius 2 is 2.22 bits per heavy atom. The molecule has 0 unspecified atom stereocenters. The third-order valence-corrected chi connectivity index (χ3v) is 3.86. The molecule has 0 aliphatic heterocycles. The Hall–Kier alpha value is -2.73. The van der Waals surface area contributed by atoms with E-state index in [-0.39, 0.29) is 12.5 Å². The molecule has 1 aromatic carbocycles. The molecule has 1 amide bonds. The Morgan fingerprint density at radius 1 is 1.39 bits per heavy atom. The summed E-state index contributed by atoms with van der Waals surface area (Å²) in [5, 5.41) is 13.8. The number of aromatic amines is 1. The van der Waals surface area contributed by atoms with Crippen molar-refractivity contribution in [2.45, 2.75) is 6.10 Å². The lowest BCUT2D eigenvalue weighted by Gasteiger charge is -2.12. The number of methoxy groups -OCH3 is 1. The molecule has 6 heteroatoms. The standard InChI is InChI=1S/C17H19N3O3/c1-20-7-3-4-15(20)16(21)10-18-17(22)14-8-11-5-6-12(23-2)9-13(11)19-14/h3-9,16,19,21H,10H2,1-2H3,(H,18,22)/t16-/m1/s1. The molecule has 2 aromatic heterocycles. The number of aromatic nitrogens is 2. The number of nitrogens with one attached hydrogen (secondary N) is 2. The molecule has 120 valence electrons. The second-order valence-corrected chi connectivity index (χ2v) is 5.41. The number of amides is 1. The van der Waals surface area contributed by atoms with Crippen molar-refractivity contribution in [2.24, 2.45) is 7.05 Å². The summed E-state index contributed by atoms with van der Waals surface area (Å²) in [7, 11) is 3.45. The smallest absolute Gasteiger partial charge is 0.267 e. The summed E-state index contributed by atoms with van der Waals surface area (Å²) in [5.74, 6) is 0.471. The minimum Gasteiger partial charge on any atom is -0.497 e. The van der Waals surface area contributed by atoms with Gasteiger partial charge in [-0.25, -0.2) is 0 Å². The SMILES string of the molecule is COc1ccc2cc(C(=O)NC[C@@H](O)c3cccn3C)[nH]c2c1. The maximum atomic E-state index is 12.2. The molecule has 2 heterocycles. The molecule has 0 aliphatic carbocycles. The van der Waals surface area contributed by atoms with Crippen molar-refractivity contribution in [1.29, 1.82) is 0 Å². The van der Waals surface area contributed by atoms with Gasteiger partial charge in [0.1, 0.15) is 17.5 Å². The summed E-state index contributed by atoms with van der Waals surface area (Å²) in [5.41, 5.74) is 2.04. The average Bonchev–Trinajstić information content (AvgIpc) is 3.17. The monoisotopic (exact) mass is 313 g/mol. The van der Waals surface area contributed by atoms with E-state index in [0.29, 0.717) is 5.69 Å². The number of aryl methyl sites for hydroxylation is 1. The lowest BCUT2D eigenvalue weighted by molar-refractivity contribution is 0.0908. The molecule has 0 radical (unpaired) electrons. The molecule has 1 atom stereocenters. The van der Waals surface area contributed by atoms with Gasteiger partial charge in [0.15, 0.2) is 0 Å². The summed E-state index contributed by atoms with van der Waals surface area (Å²) < 4.78 is 6.99. The first-order valence-electron chi connectivity index (χ1n) is 7.32. The van der Waals surface area contributed by atoms with Gasteiger partial charge in [-0.15, -0.1) is 0 Å². The van der Waals surface area contributed by atoms with Crippen LogP contribution in [0.2, 0.25) is 0 Å². The highest BCUT2D eigenvalue weighted by atomic mass is 16.5. The van der Waals surface area contributed by atoms with Crippen LogP contribution in [0.5, 0.6) is 5.75 Å². The van der Waals surface area contributed by atoms with Gasteiger partial charge in [-0.05, 0) is 30.3 Å². The van der Waals surface area contributed by atoms with Gasteiger partial charge in [-0.3, -0.25) is 4.79 Å². The molecule has 6 nitrogen and oxygen atoms in total. The van der Waals surface area contributed by atoms with Crippen LogP contribution in [0, 0.1) is 0 Å². The molecule has 0 spiro atoms. The summed E-state index contributed by atoms with van der Waals surface area (Å²) in [6.45, 7) is 0.148. The van der Waals surface area contributed by atoms with Gasteiger partial charge < -0.3 is 24.7 Å². The number of benzene rings is 1. The summed E-state index contributed by atoms with van der Waals surface area (Å²) in [4.78, 5) is 15.3. The lowest BCUT2D eigenvalue weighted by atomic mass is 10.2. The van der Waals surface area contributed by atoms with Gasteiger partial charge in [0.2, 0.25) is 0 Å². The van der Waals surface area contributed by atoms with Crippen molar-refractivity contribution in [3.8, 4) is 5.75 Å². The van der Waals surface area contributed by atoms with Crippen molar-refractivity contribution >= 4 is 16.8 Å². The zero-order chi connectivity index (χ0) is 16.4. The van der Waals surface area contributed by atoms with E-state index in [0.717, 1.165) is 22.3 Å². The molecule has 3 N–H and O–H groups in total. The minimum atomic E-state index is -0.747. The summed E-state index contributed by atoms with van der Waals surface area (Å²) in [6, 6.07) is 11.0. The fourth-order valence-corrected chi connectivity index (χ4v) is 2.57. The van der Waals surface area contributed by atoms with Crippen molar-refractivity contribution in [3.63, 3.8) is 0 Å². The van der Waals surface area contributed by atoms with E-state index < -0.39 is 6.10 Å². The molecular weight excluding hydrogens is 294 g/mol. The molecule has 0 bridgehead atoms. The number of fused-ring (bicyclic) bond motifs is 1. The second kappa shape index (κ2) is 6.18. The molecule has 3 aromatic rings. The second-order valence-electron chi connectivity index (χ2n) is 5.41. The molecule has 0 fully saturated rings. The number of carbonyl (C=O) groups is 1. The van der Waals surface area contributed by atoms with Crippen LogP contribution in [0.15, 0.2) is 42.6 Å². The number of aliphatic hydroxyl groups excluding tert-OH is 1. The van der Waals surface area contributed by atoms with E-state index in [1.54, 1.807) is 13.2 Å². The lowest BCUT2D eigenvalue weighted by Crippen LogP contribution is -2.29. The number of aliphatic hydroxyl groups is 1. The van der Waals surface area contributed by atoms with E-state index in [1.807, 2.05) is 48.1 Å². The Morgan fingerprint density at radius 3 is 2.91 bits per heavy atom. The minimum absolute atomic E-state index is 0.148. The van der Waals surface area contributed by atoms with Crippen LogP contribution in [-0.4, -0.2) is 34.2 Å². The third-order valence-electron chi connectivity index (χ3n) is 3.86. The highest BCUT2D eigenvalue weighted by molar-refractivity contribution is 5.98. The Balaban J connectivity index is 1.69. The maximum absolute atomic E-state index is 12.2. The van der Waals surface area contributed by atoms with Crippen LogP contribution in [-0.2, 0) is 7.05 Å². The molecule has 0 aliphatic rings. The van der Waals surface area contributed by atoms with Crippen LogP contribution in [0.25, 0.3) is 10.9 Å². The van der Waals surface area contributed by atoms with Crippen LogP contribution in [0.1, 0.15) is 22.3 Å². The Labute approximate surface area is 133 Å². The van der Waals surface area contributed by atoms with Crippen molar-refractivity contribution < 1.29 is 14.6 Å². The van der Waals surface area contributed by atoms with Crippen molar-refractivity contribution in [2.75, 3.05) is 13.7 Å². The first-order valence-corrected chi connectivity index (χ1v) is 7.32. The quantitative estimate of drug-likeness (QED) is 0.674. The van der Waals surface area contributed by atoms with E-state index in [9.17, 15) is 9.90 Å². The summed E-state index contributed by atoms with van der Waals surface area (Å²) in [6.07, 6.45) is 1.11. The van der Waals surface area contributed by atoms with Gasteiger partial charge in [-0.1, -0.05) is 0 Å². The van der Waals surface area contributed by atoms with Gasteiger partial charge in [0.25, 0.3) is 5.91 Å². The van der Waals surface area contributed by atoms with Gasteiger partial charge in [0.05, 0.1) is 7.11 Å². The molecule has 0 saturated heterocycles. The number of ether oxygens (including phenoxy) is 1. The maximum Gasteiger partial charge on any atom is 0.267 e. The van der Waals surface area contributed by atoms with Crippen LogP contribution >= 0.6 is 0 Å². The van der Waals surface area contributed by atoms with Crippen molar-refractivity contribution in [1.82, 2.24) is 14.9 Å². The molecule has 0 saturated carbocycles. The number of nitrogens with zero attached hydrogens (tertiary/aromatic N) is 1. The first-order chi connectivity index (χ1) is 11.1. The van der Waals surface area contributed by atoms with E-state index in [4.69, 9.17) is 4.74 Å².